The molecule has 258 valence electrons. The van der Waals surface area contributed by atoms with Crippen LogP contribution >= 0.6 is 0 Å². The molecular formula is C28H52N8O9. The number of hydrogen-bond acceptors (Lipinski definition) is 14. The summed E-state index contributed by atoms with van der Waals surface area (Å²) in [5, 5.41) is 62.6. The minimum atomic E-state index is -1.74. The highest BCUT2D eigenvalue weighted by atomic mass is 16.7. The number of nitrogens with one attached hydrogen (secondary N) is 3. The Morgan fingerprint density at radius 3 is 2.53 bits per heavy atom. The predicted octanol–water partition coefficient (Wildman–Crippen LogP) is -5.24. The number of carbonyl (C=O) groups is 1. The van der Waals surface area contributed by atoms with Gasteiger partial charge in [0, 0.05) is 37.5 Å². The highest BCUT2D eigenvalue weighted by Crippen LogP contribution is 2.38. The topological polar surface area (TPSA) is 298 Å². The average molecular weight is 645 g/mol. The van der Waals surface area contributed by atoms with Crippen LogP contribution in [0.4, 0.5) is 0 Å². The van der Waals surface area contributed by atoms with Crippen LogP contribution in [-0.4, -0.2) is 143 Å². The zero-order valence-corrected chi connectivity index (χ0v) is 25.9. The summed E-state index contributed by atoms with van der Waals surface area (Å²) >= 11 is 0. The fourth-order valence-electron chi connectivity index (χ4n) is 6.89. The van der Waals surface area contributed by atoms with Crippen LogP contribution in [-0.2, 0) is 19.0 Å². The molecule has 0 radical (unpaired) electrons. The molecule has 0 aromatic carbocycles. The molecule has 3 fully saturated rings. The molecule has 0 aromatic rings. The van der Waals surface area contributed by atoms with E-state index in [9.17, 15) is 25.2 Å². The Morgan fingerprint density at radius 2 is 1.89 bits per heavy atom. The SMILES string of the molecule is CNC1C(O)C(OC2C(NC(=O)C3(O)CC(N=C(N)N)C3)CC(N)C(C3OC(CNCCCO)=CCC3N)C2O)OCC1(C)O. The van der Waals surface area contributed by atoms with Gasteiger partial charge >= 0.3 is 0 Å². The molecule has 11 unspecified atom stereocenters. The molecule has 2 aliphatic carbocycles. The summed E-state index contributed by atoms with van der Waals surface area (Å²) in [6.07, 6.45) is -2.84. The number of nitrogens with two attached hydrogens (primary N) is 4. The Balaban J connectivity index is 1.54. The zero-order valence-electron chi connectivity index (χ0n) is 25.9. The van der Waals surface area contributed by atoms with E-state index in [2.05, 4.69) is 20.9 Å². The van der Waals surface area contributed by atoms with E-state index < -0.39 is 83.9 Å². The van der Waals surface area contributed by atoms with Crippen molar-refractivity contribution in [1.29, 1.82) is 0 Å². The van der Waals surface area contributed by atoms with Gasteiger partial charge in [-0.05, 0) is 45.9 Å². The Hall–Kier alpha value is -2.16. The maximum absolute atomic E-state index is 13.3. The van der Waals surface area contributed by atoms with E-state index in [1.807, 2.05) is 6.08 Å². The summed E-state index contributed by atoms with van der Waals surface area (Å²) < 4.78 is 18.2. The first-order chi connectivity index (χ1) is 21.2. The van der Waals surface area contributed by atoms with Crippen molar-refractivity contribution < 1.29 is 44.5 Å². The van der Waals surface area contributed by atoms with E-state index in [-0.39, 0.29) is 38.4 Å². The van der Waals surface area contributed by atoms with Crippen LogP contribution in [0.1, 0.15) is 39.0 Å². The Bertz CT molecular complexity index is 1070. The lowest BCUT2D eigenvalue weighted by atomic mass is 9.71. The van der Waals surface area contributed by atoms with Crippen molar-refractivity contribution in [2.45, 2.75) is 111 Å². The van der Waals surface area contributed by atoms with Crippen LogP contribution in [0.5, 0.6) is 0 Å². The van der Waals surface area contributed by atoms with Gasteiger partial charge in [-0.3, -0.25) is 9.79 Å². The van der Waals surface area contributed by atoms with Gasteiger partial charge in [0.15, 0.2) is 12.2 Å². The number of rotatable bonds is 12. The summed E-state index contributed by atoms with van der Waals surface area (Å²) in [6, 6.07) is -3.37. The van der Waals surface area contributed by atoms with Gasteiger partial charge < -0.3 is 78.6 Å². The van der Waals surface area contributed by atoms with Crippen LogP contribution in [0.3, 0.4) is 0 Å². The monoisotopic (exact) mass is 644 g/mol. The second kappa shape index (κ2) is 14.7. The van der Waals surface area contributed by atoms with Crippen LogP contribution in [0.15, 0.2) is 16.8 Å². The zero-order chi connectivity index (χ0) is 33.1. The molecule has 2 saturated carbocycles. The number of aliphatic hydroxyl groups is 5. The molecule has 1 amide bonds. The molecule has 11 atom stereocenters. The number of aliphatic hydroxyl groups excluding tert-OH is 3. The largest absolute Gasteiger partial charge is 0.492 e. The number of guanidine groups is 1. The van der Waals surface area contributed by atoms with Gasteiger partial charge in [0.1, 0.15) is 35.3 Å². The molecule has 4 aliphatic rings. The molecular weight excluding hydrogens is 592 g/mol. The number of likely N-dealkylation sites (N-methyl/N-ethyl adjacent to an activating group) is 1. The molecule has 1 saturated heterocycles. The maximum Gasteiger partial charge on any atom is 0.252 e. The first-order valence-electron chi connectivity index (χ1n) is 15.5. The van der Waals surface area contributed by atoms with Crippen LogP contribution in [0.2, 0.25) is 0 Å². The van der Waals surface area contributed by atoms with Gasteiger partial charge in [-0.15, -0.1) is 0 Å². The van der Waals surface area contributed by atoms with Crippen molar-refractivity contribution in [2.24, 2.45) is 33.8 Å². The third-order valence-electron chi connectivity index (χ3n) is 9.32. The Morgan fingerprint density at radius 1 is 1.18 bits per heavy atom. The lowest BCUT2D eigenvalue weighted by Crippen LogP contribution is -2.70. The molecule has 45 heavy (non-hydrogen) atoms. The second-order valence-corrected chi connectivity index (χ2v) is 13.0. The second-order valence-electron chi connectivity index (χ2n) is 13.0. The Kier molecular flexibility index (Phi) is 11.7. The molecule has 0 spiro atoms. The molecule has 0 bridgehead atoms. The number of nitrogens with zero attached hydrogens (tertiary/aromatic N) is 1. The first-order valence-corrected chi connectivity index (χ1v) is 15.5. The van der Waals surface area contributed by atoms with Gasteiger partial charge in [-0.1, -0.05) is 0 Å². The number of hydrogen-bond donors (Lipinski definition) is 12. The molecule has 2 aliphatic heterocycles. The lowest BCUT2D eigenvalue weighted by molar-refractivity contribution is -0.297. The van der Waals surface area contributed by atoms with E-state index in [0.717, 1.165) is 0 Å². The van der Waals surface area contributed by atoms with Crippen molar-refractivity contribution in [3.63, 3.8) is 0 Å². The molecule has 16 N–H and O–H groups in total. The number of amides is 1. The van der Waals surface area contributed by atoms with Gasteiger partial charge in [0.05, 0.1) is 37.4 Å². The molecule has 17 heteroatoms. The van der Waals surface area contributed by atoms with E-state index >= 15 is 0 Å². The van der Waals surface area contributed by atoms with E-state index in [1.54, 1.807) is 7.05 Å². The summed E-state index contributed by atoms with van der Waals surface area (Å²) in [5.74, 6) is -0.969. The van der Waals surface area contributed by atoms with Crippen molar-refractivity contribution in [1.82, 2.24) is 16.0 Å². The fraction of sp³-hybridized carbons (Fsp3) is 0.857. The summed E-state index contributed by atoms with van der Waals surface area (Å²) in [6.45, 7) is 2.38. The van der Waals surface area contributed by atoms with Crippen molar-refractivity contribution >= 4 is 11.9 Å². The minimum Gasteiger partial charge on any atom is -0.492 e. The van der Waals surface area contributed by atoms with Crippen LogP contribution in [0, 0.1) is 5.92 Å². The van der Waals surface area contributed by atoms with E-state index in [4.69, 9.17) is 42.3 Å². The van der Waals surface area contributed by atoms with E-state index in [0.29, 0.717) is 31.7 Å². The van der Waals surface area contributed by atoms with Gasteiger partial charge in [0.2, 0.25) is 0 Å². The number of aliphatic imine (C=N–C) groups is 1. The maximum atomic E-state index is 13.3. The van der Waals surface area contributed by atoms with Crippen molar-refractivity contribution in [3.05, 3.63) is 11.8 Å². The summed E-state index contributed by atoms with van der Waals surface area (Å²) in [4.78, 5) is 17.3. The lowest BCUT2D eigenvalue weighted by Gasteiger charge is -2.51. The highest BCUT2D eigenvalue weighted by Gasteiger charge is 2.55. The number of ether oxygens (including phenoxy) is 3. The quantitative estimate of drug-likeness (QED) is 0.0537. The van der Waals surface area contributed by atoms with Crippen molar-refractivity contribution in [3.8, 4) is 0 Å². The smallest absolute Gasteiger partial charge is 0.252 e. The number of carbonyl (C=O) groups excluding carboxylic acids is 1. The standard InChI is InChI=1S/C28H52N8O9/c1-27(41)12-43-24(20(39)23(27)33-2)45-22-17(36-25(40)28(42)9-13(10-28)35-26(31)32)8-16(30)18(19(22)38)21-15(29)5-4-14(44-21)11-34-6-3-7-37/h4,13,15-24,33-34,37-39,41-42H,3,5-12,29-30H2,1-2H3,(H,36,40)(H4,31,32,35). The van der Waals surface area contributed by atoms with Gasteiger partial charge in [0.25, 0.3) is 5.91 Å². The fourth-order valence-corrected chi connectivity index (χ4v) is 6.89. The summed E-state index contributed by atoms with van der Waals surface area (Å²) in [7, 11) is 1.58. The Labute approximate surface area is 262 Å². The average Bonchev–Trinajstić information content (AvgIpc) is 2.94. The molecule has 4 rings (SSSR count). The molecule has 17 nitrogen and oxygen atoms in total. The normalized spacial score (nSPS) is 43.4. The van der Waals surface area contributed by atoms with Gasteiger partial charge in [-0.25, -0.2) is 0 Å². The summed E-state index contributed by atoms with van der Waals surface area (Å²) in [5.41, 5.74) is 20.8. The third-order valence-corrected chi connectivity index (χ3v) is 9.32. The van der Waals surface area contributed by atoms with Crippen LogP contribution < -0.4 is 38.9 Å². The van der Waals surface area contributed by atoms with Crippen LogP contribution in [0.25, 0.3) is 0 Å². The third kappa shape index (κ3) is 8.05. The van der Waals surface area contributed by atoms with Crippen molar-refractivity contribution in [2.75, 3.05) is 33.4 Å². The molecule has 2 heterocycles. The van der Waals surface area contributed by atoms with E-state index in [1.165, 1.54) is 6.92 Å². The predicted molar refractivity (Wildman–Crippen MR) is 162 cm³/mol. The highest BCUT2D eigenvalue weighted by molar-refractivity contribution is 5.87. The minimum absolute atomic E-state index is 0.00180. The van der Waals surface area contributed by atoms with Gasteiger partial charge in [-0.2, -0.15) is 0 Å². The molecule has 0 aromatic heterocycles. The first kappa shape index (κ1) is 35.7.